The molecule has 0 heteroatoms. The van der Waals surface area contributed by atoms with Gasteiger partial charge in [0, 0.05) is 11.8 Å². The fourth-order valence-electron chi connectivity index (χ4n) is 10.4. The average molecular weight is 881 g/mol. The quantitative estimate of drug-likeness (QED) is 0.108. The van der Waals surface area contributed by atoms with Gasteiger partial charge in [0.2, 0.25) is 0 Å². The summed E-state index contributed by atoms with van der Waals surface area (Å²) in [5.41, 5.74) is 25.4. The van der Waals surface area contributed by atoms with E-state index in [4.69, 9.17) is 0 Å². The maximum atomic E-state index is 2.49. The van der Waals surface area contributed by atoms with Crippen molar-refractivity contribution in [1.29, 1.82) is 0 Å². The molecule has 0 saturated carbocycles. The minimum Gasteiger partial charge on any atom is -0.0811 e. The summed E-state index contributed by atoms with van der Waals surface area (Å²) in [4.78, 5) is 0. The number of rotatable bonds is 13. The van der Waals surface area contributed by atoms with E-state index in [1.807, 2.05) is 0 Å². The van der Waals surface area contributed by atoms with Gasteiger partial charge in [0.05, 0.1) is 0 Å². The van der Waals surface area contributed by atoms with E-state index in [-0.39, 0.29) is 5.92 Å². The van der Waals surface area contributed by atoms with Crippen LogP contribution in [0.4, 0.5) is 0 Å². The van der Waals surface area contributed by atoms with Gasteiger partial charge < -0.3 is 0 Å². The van der Waals surface area contributed by atoms with E-state index in [1.54, 1.807) is 5.57 Å². The van der Waals surface area contributed by atoms with Gasteiger partial charge in [-0.3, -0.25) is 0 Å². The topological polar surface area (TPSA) is 0 Å². The van der Waals surface area contributed by atoms with Crippen molar-refractivity contribution in [2.45, 2.75) is 78.6 Å². The van der Waals surface area contributed by atoms with Crippen LogP contribution in [-0.2, 0) is 12.8 Å². The second kappa shape index (κ2) is 20.5. The van der Waals surface area contributed by atoms with Gasteiger partial charge in [0.15, 0.2) is 0 Å². The third-order valence-corrected chi connectivity index (χ3v) is 14.8. The molecule has 10 rings (SSSR count). The number of hydrogen-bond donors (Lipinski definition) is 0. The minimum atomic E-state index is 0.194. The number of benzene rings is 7. The molecule has 0 nitrogen and oxygen atoms in total. The van der Waals surface area contributed by atoms with Crippen molar-refractivity contribution in [1.82, 2.24) is 0 Å². The molecule has 0 heterocycles. The first-order valence-electron chi connectivity index (χ1n) is 25.1. The van der Waals surface area contributed by atoms with Crippen LogP contribution in [0.5, 0.6) is 0 Å². The monoisotopic (exact) mass is 881 g/mol. The average Bonchev–Trinajstić information content (AvgIpc) is 3.39. The summed E-state index contributed by atoms with van der Waals surface area (Å²) in [5.74, 6) is 1.25. The number of hydrogen-bond acceptors (Lipinski definition) is 0. The standard InChI is InChI=1S/C68H64/c1-47-10-22-57(23-11-47)64-44-65(58-24-12-48(2)13-25-58)46-66(45-64)59-36-40-63(41-37-59)68(62-38-34-56(35-39-62)53-8-6-5-7-9-53)43-52-20-32-55(33-21-52)54-30-18-51(19-31-54)42-67(60-26-14-49(3)15-27-60)61-28-16-50(4)17-29-61/h5-12,14,16,18-24,26-28,30-41,44-46,49,67-68H,13,15,17,25,29,42-43H2,1-4H3. The molecule has 0 fully saturated rings. The van der Waals surface area contributed by atoms with Crippen LogP contribution >= 0.6 is 0 Å². The summed E-state index contributed by atoms with van der Waals surface area (Å²) in [5, 5.41) is 0. The van der Waals surface area contributed by atoms with Crippen LogP contribution in [0.25, 0.3) is 50.1 Å². The molecular formula is C68H64. The van der Waals surface area contributed by atoms with Crippen molar-refractivity contribution >= 4 is 5.57 Å². The molecule has 3 unspecified atom stereocenters. The van der Waals surface area contributed by atoms with E-state index in [9.17, 15) is 0 Å². The molecule has 0 N–H and O–H groups in total. The summed E-state index contributed by atoms with van der Waals surface area (Å²) in [6.07, 6.45) is 24.2. The molecule has 3 aliphatic carbocycles. The predicted octanol–water partition coefficient (Wildman–Crippen LogP) is 18.5. The van der Waals surface area contributed by atoms with Crippen LogP contribution in [0, 0.1) is 18.8 Å². The van der Waals surface area contributed by atoms with Crippen LogP contribution in [-0.4, -0.2) is 0 Å². The maximum absolute atomic E-state index is 2.49. The molecule has 0 saturated heterocycles. The second-order valence-electron chi connectivity index (χ2n) is 19.9. The van der Waals surface area contributed by atoms with Gasteiger partial charge in [-0.2, -0.15) is 0 Å². The molecular weight excluding hydrogens is 817 g/mol. The van der Waals surface area contributed by atoms with Gasteiger partial charge in [-0.1, -0.05) is 223 Å². The van der Waals surface area contributed by atoms with Crippen LogP contribution in [0.1, 0.15) is 92.2 Å². The summed E-state index contributed by atoms with van der Waals surface area (Å²) in [7, 11) is 0. The Morgan fingerprint density at radius 2 is 0.897 bits per heavy atom. The molecule has 0 spiro atoms. The molecule has 336 valence electrons. The Morgan fingerprint density at radius 3 is 1.40 bits per heavy atom. The first-order valence-corrected chi connectivity index (χ1v) is 25.1. The fourth-order valence-corrected chi connectivity index (χ4v) is 10.4. The lowest BCUT2D eigenvalue weighted by Gasteiger charge is -2.26. The van der Waals surface area contributed by atoms with Gasteiger partial charge in [-0.25, -0.2) is 0 Å². The van der Waals surface area contributed by atoms with Crippen molar-refractivity contribution in [3.8, 4) is 44.5 Å². The Morgan fingerprint density at radius 1 is 0.426 bits per heavy atom. The molecule has 68 heavy (non-hydrogen) atoms. The Balaban J connectivity index is 0.918. The van der Waals surface area contributed by atoms with Crippen molar-refractivity contribution < 1.29 is 0 Å². The number of aryl methyl sites for hydroxylation is 1. The van der Waals surface area contributed by atoms with Crippen molar-refractivity contribution in [2.24, 2.45) is 11.8 Å². The molecule has 0 aliphatic heterocycles. The second-order valence-corrected chi connectivity index (χ2v) is 19.9. The van der Waals surface area contributed by atoms with Crippen LogP contribution in [0.2, 0.25) is 0 Å². The van der Waals surface area contributed by atoms with Gasteiger partial charge in [-0.15, -0.1) is 0 Å². The van der Waals surface area contributed by atoms with E-state index in [0.29, 0.717) is 11.8 Å². The first-order chi connectivity index (χ1) is 33.3. The zero-order valence-corrected chi connectivity index (χ0v) is 40.4. The lowest BCUT2D eigenvalue weighted by atomic mass is 9.78. The smallest absolute Gasteiger partial charge is 0.0130 e. The predicted molar refractivity (Wildman–Crippen MR) is 292 cm³/mol. The van der Waals surface area contributed by atoms with E-state index < -0.39 is 0 Å². The van der Waals surface area contributed by atoms with E-state index >= 15 is 0 Å². The maximum Gasteiger partial charge on any atom is 0.0130 e. The third kappa shape index (κ3) is 10.6. The Kier molecular flexibility index (Phi) is 13.5. The normalized spacial score (nSPS) is 16.8. The highest BCUT2D eigenvalue weighted by molar-refractivity contribution is 5.81. The van der Waals surface area contributed by atoms with Gasteiger partial charge in [0.25, 0.3) is 0 Å². The van der Waals surface area contributed by atoms with Crippen LogP contribution in [0.15, 0.2) is 235 Å². The van der Waals surface area contributed by atoms with E-state index in [2.05, 4.69) is 240 Å². The summed E-state index contributed by atoms with van der Waals surface area (Å²) in [6, 6.07) is 64.3. The molecule has 0 amide bonds. The van der Waals surface area contributed by atoms with Gasteiger partial charge in [0.1, 0.15) is 0 Å². The Bertz CT molecular complexity index is 3050. The molecule has 7 aromatic rings. The number of allylic oxidation sites excluding steroid dienone is 12. The molecule has 0 aromatic heterocycles. The molecule has 0 radical (unpaired) electrons. The molecule has 7 aromatic carbocycles. The summed E-state index contributed by atoms with van der Waals surface area (Å²) < 4.78 is 0. The largest absolute Gasteiger partial charge is 0.0811 e. The summed E-state index contributed by atoms with van der Waals surface area (Å²) in [6.45, 7) is 8.97. The highest BCUT2D eigenvalue weighted by atomic mass is 14.3. The van der Waals surface area contributed by atoms with Crippen LogP contribution < -0.4 is 0 Å². The third-order valence-electron chi connectivity index (χ3n) is 14.8. The molecule has 3 atom stereocenters. The van der Waals surface area contributed by atoms with E-state index in [1.165, 1.54) is 107 Å². The van der Waals surface area contributed by atoms with Gasteiger partial charge >= 0.3 is 0 Å². The van der Waals surface area contributed by atoms with E-state index in [0.717, 1.165) is 38.5 Å². The lowest BCUT2D eigenvalue weighted by molar-refractivity contribution is 0.647. The zero-order chi connectivity index (χ0) is 46.4. The fraction of sp³-hybridized carbons (Fsp3) is 0.206. The van der Waals surface area contributed by atoms with Crippen molar-refractivity contribution in [3.05, 3.63) is 268 Å². The van der Waals surface area contributed by atoms with Crippen molar-refractivity contribution in [3.63, 3.8) is 0 Å². The van der Waals surface area contributed by atoms with Crippen LogP contribution in [0.3, 0.4) is 0 Å². The minimum absolute atomic E-state index is 0.194. The SMILES string of the molecule is CC1=CC=C(c2cc(-c3ccc(C)cc3)cc(-c3ccc(C(Cc4ccc(-c5ccc(CC(C6=CCC(C)C=C6)C6=CC=C(C)CC6)cc5)cc4)c4ccc(-c5ccccc5)cc4)cc3)c2)CC1. The summed E-state index contributed by atoms with van der Waals surface area (Å²) >= 11 is 0. The first kappa shape index (κ1) is 44.8. The Labute approximate surface area is 406 Å². The Hall–Kier alpha value is -7.02. The molecule has 3 aliphatic rings. The van der Waals surface area contributed by atoms with Gasteiger partial charge in [-0.05, 0) is 173 Å². The van der Waals surface area contributed by atoms with Crippen molar-refractivity contribution in [2.75, 3.05) is 0 Å². The highest BCUT2D eigenvalue weighted by Crippen LogP contribution is 2.38. The zero-order valence-electron chi connectivity index (χ0n) is 40.4. The highest BCUT2D eigenvalue weighted by Gasteiger charge is 2.22. The molecule has 0 bridgehead atoms. The lowest BCUT2D eigenvalue weighted by Crippen LogP contribution is -2.14.